The van der Waals surface area contributed by atoms with E-state index in [-0.39, 0.29) is 26.2 Å². The topological polar surface area (TPSA) is 128 Å². The molecule has 0 saturated carbocycles. The van der Waals surface area contributed by atoms with Crippen LogP contribution in [0.3, 0.4) is 0 Å². The summed E-state index contributed by atoms with van der Waals surface area (Å²) >= 11 is 1.21. The number of anilines is 1. The van der Waals surface area contributed by atoms with Gasteiger partial charge in [0.05, 0.1) is 45.9 Å². The number of halogens is 1. The lowest BCUT2D eigenvalue weighted by atomic mass is 10.1. The Morgan fingerprint density at radius 3 is 2.31 bits per heavy atom. The number of nitrogens with zero attached hydrogens (tertiary/aromatic N) is 2. The molecule has 1 unspecified atom stereocenters. The summed E-state index contributed by atoms with van der Waals surface area (Å²) in [6, 6.07) is 21.8. The van der Waals surface area contributed by atoms with Crippen molar-refractivity contribution < 1.29 is 31.8 Å². The quantitative estimate of drug-likeness (QED) is 0.206. The molecular weight excluding hydrogens is 581 g/mol. The number of nitriles is 1. The van der Waals surface area contributed by atoms with Gasteiger partial charge in [-0.2, -0.15) is 5.26 Å². The molecule has 42 heavy (non-hydrogen) atoms. The molecule has 1 heterocycles. The number of carbonyl (C=O) groups excluding carboxylic acids is 1. The highest BCUT2D eigenvalue weighted by Gasteiger charge is 2.27. The van der Waals surface area contributed by atoms with Gasteiger partial charge in [-0.1, -0.05) is 23.5 Å². The third-order valence-electron chi connectivity index (χ3n) is 6.19. The van der Waals surface area contributed by atoms with E-state index in [1.54, 1.807) is 18.2 Å². The number of methoxy groups -OCH3 is 2. The number of aromatic nitrogens is 1. The lowest BCUT2D eigenvalue weighted by Gasteiger charge is -2.19. The van der Waals surface area contributed by atoms with Gasteiger partial charge in [0.25, 0.3) is 5.91 Å². The molecule has 4 aromatic carbocycles. The highest BCUT2D eigenvalue weighted by Crippen LogP contribution is 2.37. The SMILES string of the molecule is COc1cc2nc(NC(=O)C(Oc3ccc(C#N)cc3)c3cccc(S(=O)(=O)c4ccc(F)cc4)c3)sc2cc1OC. The molecule has 5 rings (SSSR count). The van der Waals surface area contributed by atoms with Gasteiger partial charge in [-0.15, -0.1) is 0 Å². The second-order valence-electron chi connectivity index (χ2n) is 8.85. The molecule has 9 nitrogen and oxygen atoms in total. The Kier molecular flexibility index (Phi) is 8.06. The van der Waals surface area contributed by atoms with E-state index in [4.69, 9.17) is 19.5 Å². The minimum absolute atomic E-state index is 0.101. The standard InChI is InChI=1S/C30H22FN3O6S2/c1-38-25-15-24-27(16-26(25)39-2)41-30(33-24)34-29(35)28(40-21-10-6-18(17-32)7-11-21)19-4-3-5-23(14-19)42(36,37)22-12-8-20(31)9-13-22/h3-16,28H,1-2H3,(H,33,34,35). The number of amides is 1. The lowest BCUT2D eigenvalue weighted by molar-refractivity contribution is -0.123. The molecule has 0 aliphatic heterocycles. The zero-order valence-corrected chi connectivity index (χ0v) is 23.8. The number of hydrogen-bond donors (Lipinski definition) is 1. The maximum atomic E-state index is 13.7. The highest BCUT2D eigenvalue weighted by molar-refractivity contribution is 7.91. The first-order chi connectivity index (χ1) is 20.2. The van der Waals surface area contributed by atoms with Crippen molar-refractivity contribution in [1.29, 1.82) is 5.26 Å². The van der Waals surface area contributed by atoms with Crippen LogP contribution in [-0.4, -0.2) is 33.5 Å². The van der Waals surface area contributed by atoms with Crippen LogP contribution >= 0.6 is 11.3 Å². The van der Waals surface area contributed by atoms with Crippen LogP contribution in [0, 0.1) is 17.1 Å². The molecule has 0 bridgehead atoms. The monoisotopic (exact) mass is 603 g/mol. The summed E-state index contributed by atoms with van der Waals surface area (Å²) in [6.45, 7) is 0. The van der Waals surface area contributed by atoms with Crippen LogP contribution in [0.4, 0.5) is 9.52 Å². The molecule has 0 spiro atoms. The molecule has 0 radical (unpaired) electrons. The summed E-state index contributed by atoms with van der Waals surface area (Å²) in [5.74, 6) is 0.0810. The molecule has 0 saturated heterocycles. The fraction of sp³-hybridized carbons (Fsp3) is 0.100. The molecule has 1 atom stereocenters. The van der Waals surface area contributed by atoms with Crippen LogP contribution in [-0.2, 0) is 14.6 Å². The first-order valence-electron chi connectivity index (χ1n) is 12.3. The molecule has 0 aliphatic carbocycles. The number of sulfone groups is 1. The summed E-state index contributed by atoms with van der Waals surface area (Å²) in [5, 5.41) is 12.2. The summed E-state index contributed by atoms with van der Waals surface area (Å²) in [7, 11) is -1.01. The number of ether oxygens (including phenoxy) is 3. The van der Waals surface area contributed by atoms with Crippen molar-refractivity contribution in [2.45, 2.75) is 15.9 Å². The molecule has 1 N–H and O–H groups in total. The van der Waals surface area contributed by atoms with Gasteiger partial charge in [-0.25, -0.2) is 17.8 Å². The summed E-state index contributed by atoms with van der Waals surface area (Å²) in [5.41, 5.74) is 1.21. The van der Waals surface area contributed by atoms with Gasteiger partial charge in [0.2, 0.25) is 15.9 Å². The number of carbonyl (C=O) groups is 1. The number of rotatable bonds is 9. The van der Waals surface area contributed by atoms with Crippen LogP contribution in [0.5, 0.6) is 17.2 Å². The fourth-order valence-electron chi connectivity index (χ4n) is 4.09. The predicted molar refractivity (Wildman–Crippen MR) is 154 cm³/mol. The molecule has 0 fully saturated rings. The van der Waals surface area contributed by atoms with Crippen molar-refractivity contribution >= 4 is 42.4 Å². The van der Waals surface area contributed by atoms with Crippen molar-refractivity contribution in [3.05, 3.63) is 102 Å². The minimum atomic E-state index is -4.03. The summed E-state index contributed by atoms with van der Waals surface area (Å²) in [4.78, 5) is 17.9. The summed E-state index contributed by atoms with van der Waals surface area (Å²) < 4.78 is 57.5. The Hall–Kier alpha value is -4.99. The lowest BCUT2D eigenvalue weighted by Crippen LogP contribution is -2.26. The molecule has 1 aromatic heterocycles. The van der Waals surface area contributed by atoms with Gasteiger partial charge in [0, 0.05) is 17.7 Å². The molecule has 212 valence electrons. The van der Waals surface area contributed by atoms with E-state index in [9.17, 15) is 17.6 Å². The van der Waals surface area contributed by atoms with Crippen LogP contribution < -0.4 is 19.5 Å². The van der Waals surface area contributed by atoms with Crippen molar-refractivity contribution in [1.82, 2.24) is 4.98 Å². The summed E-state index contributed by atoms with van der Waals surface area (Å²) in [6.07, 6.45) is -1.31. The fourth-order valence-corrected chi connectivity index (χ4v) is 6.29. The Bertz CT molecular complexity index is 1880. The number of fused-ring (bicyclic) bond motifs is 1. The zero-order chi connectivity index (χ0) is 29.9. The third-order valence-corrected chi connectivity index (χ3v) is 8.90. The maximum absolute atomic E-state index is 13.7. The number of thiazole rings is 1. The van der Waals surface area contributed by atoms with E-state index in [0.717, 1.165) is 16.8 Å². The zero-order valence-electron chi connectivity index (χ0n) is 22.2. The second-order valence-corrected chi connectivity index (χ2v) is 11.8. The van der Waals surface area contributed by atoms with Crippen molar-refractivity contribution in [3.8, 4) is 23.3 Å². The largest absolute Gasteiger partial charge is 0.493 e. The van der Waals surface area contributed by atoms with Crippen molar-refractivity contribution in [2.24, 2.45) is 0 Å². The van der Waals surface area contributed by atoms with E-state index >= 15 is 0 Å². The van der Waals surface area contributed by atoms with Gasteiger partial charge in [0.15, 0.2) is 16.6 Å². The van der Waals surface area contributed by atoms with Gasteiger partial charge in [-0.05, 0) is 60.7 Å². The molecule has 0 aliphatic rings. The van der Waals surface area contributed by atoms with Gasteiger partial charge in [-0.3, -0.25) is 10.1 Å². The first-order valence-corrected chi connectivity index (χ1v) is 14.6. The smallest absolute Gasteiger partial charge is 0.271 e. The average molecular weight is 604 g/mol. The Morgan fingerprint density at radius 2 is 1.64 bits per heavy atom. The molecule has 12 heteroatoms. The van der Waals surface area contributed by atoms with E-state index in [0.29, 0.717) is 22.6 Å². The number of nitrogens with one attached hydrogen (secondary N) is 1. The molecular formula is C30H22FN3O6S2. The van der Waals surface area contributed by atoms with E-state index in [2.05, 4.69) is 10.3 Å². The molecule has 5 aromatic rings. The average Bonchev–Trinajstić information content (AvgIpc) is 3.40. The van der Waals surface area contributed by atoms with Crippen molar-refractivity contribution in [3.63, 3.8) is 0 Å². The maximum Gasteiger partial charge on any atom is 0.271 e. The number of benzene rings is 4. The predicted octanol–water partition coefficient (Wildman–Crippen LogP) is 5.92. The molecule has 1 amide bonds. The van der Waals surface area contributed by atoms with Crippen molar-refractivity contribution in [2.75, 3.05) is 19.5 Å². The normalized spacial score (nSPS) is 11.9. The van der Waals surface area contributed by atoms with Gasteiger partial charge in [0.1, 0.15) is 11.6 Å². The van der Waals surface area contributed by atoms with Gasteiger partial charge >= 0.3 is 0 Å². The highest BCUT2D eigenvalue weighted by atomic mass is 32.2. The first kappa shape index (κ1) is 28.5. The van der Waals surface area contributed by atoms with E-state index in [1.807, 2.05) is 6.07 Å². The number of hydrogen-bond acceptors (Lipinski definition) is 9. The Balaban J connectivity index is 1.51. The second kappa shape index (κ2) is 11.9. The Morgan fingerprint density at radius 1 is 0.952 bits per heavy atom. The van der Waals surface area contributed by atoms with Gasteiger partial charge < -0.3 is 14.2 Å². The van der Waals surface area contributed by atoms with Crippen LogP contribution in [0.15, 0.2) is 94.7 Å². The van der Waals surface area contributed by atoms with Crippen LogP contribution in [0.1, 0.15) is 17.2 Å². The third kappa shape index (κ3) is 5.88. The minimum Gasteiger partial charge on any atom is -0.493 e. The van der Waals surface area contributed by atoms with Crippen LogP contribution in [0.2, 0.25) is 0 Å². The Labute approximate surface area is 244 Å². The van der Waals surface area contributed by atoms with E-state index in [1.165, 1.54) is 80.2 Å². The van der Waals surface area contributed by atoms with E-state index < -0.39 is 27.7 Å². The van der Waals surface area contributed by atoms with Crippen LogP contribution in [0.25, 0.3) is 10.2 Å².